The van der Waals surface area contributed by atoms with Crippen LogP contribution < -0.4 is 5.32 Å². The molecule has 0 aliphatic rings. The van der Waals surface area contributed by atoms with Gasteiger partial charge >= 0.3 is 0 Å². The lowest BCUT2D eigenvalue weighted by molar-refractivity contribution is 0.751. The number of aromatic nitrogens is 2. The van der Waals surface area contributed by atoms with E-state index in [2.05, 4.69) is 15.4 Å². The Morgan fingerprint density at radius 2 is 2.33 bits per heavy atom. The van der Waals surface area contributed by atoms with Crippen LogP contribution in [0.4, 0.5) is 5.69 Å². The Morgan fingerprint density at radius 3 is 3.00 bits per heavy atom. The van der Waals surface area contributed by atoms with Gasteiger partial charge in [0.2, 0.25) is 0 Å². The summed E-state index contributed by atoms with van der Waals surface area (Å²) in [4.78, 5) is 4.35. The number of thioether (sulfide) groups is 1. The van der Waals surface area contributed by atoms with Crippen LogP contribution in [0.25, 0.3) is 10.9 Å². The second kappa shape index (κ2) is 5.10. The van der Waals surface area contributed by atoms with Crippen LogP contribution >= 0.6 is 11.8 Å². The van der Waals surface area contributed by atoms with Crippen LogP contribution in [-0.2, 0) is 7.05 Å². The first-order valence-corrected chi connectivity index (χ1v) is 6.59. The van der Waals surface area contributed by atoms with E-state index >= 15 is 0 Å². The molecule has 1 aromatic heterocycles. The Balaban J connectivity index is 2.45. The molecule has 0 fully saturated rings. The molecule has 92 valence electrons. The van der Waals surface area contributed by atoms with Gasteiger partial charge in [-0.15, -0.1) is 0 Å². The average Bonchev–Trinajstić information content (AvgIpc) is 2.64. The van der Waals surface area contributed by atoms with Gasteiger partial charge in [-0.1, -0.05) is 11.8 Å². The van der Waals surface area contributed by atoms with E-state index in [0.29, 0.717) is 5.17 Å². The van der Waals surface area contributed by atoms with Crippen molar-refractivity contribution in [1.29, 1.82) is 5.26 Å². The van der Waals surface area contributed by atoms with Gasteiger partial charge in [0.05, 0.1) is 11.2 Å². The number of benzene rings is 1. The van der Waals surface area contributed by atoms with Gasteiger partial charge in [0, 0.05) is 18.1 Å². The van der Waals surface area contributed by atoms with Crippen molar-refractivity contribution in [3.05, 3.63) is 23.9 Å². The Hall–Kier alpha value is -2.00. The lowest BCUT2D eigenvalue weighted by Crippen LogP contribution is -2.12. The molecular weight excluding hydrogens is 246 g/mol. The first kappa shape index (κ1) is 12.5. The molecule has 0 bridgehead atoms. The molecule has 0 unspecified atom stereocenters. The maximum absolute atomic E-state index is 8.59. The highest BCUT2D eigenvalue weighted by Gasteiger charge is 2.05. The summed E-state index contributed by atoms with van der Waals surface area (Å²) in [6, 6.07) is 5.84. The molecule has 1 aromatic carbocycles. The van der Waals surface area contributed by atoms with E-state index in [-0.39, 0.29) is 0 Å². The summed E-state index contributed by atoms with van der Waals surface area (Å²) in [5.41, 5.74) is 2.82. The summed E-state index contributed by atoms with van der Waals surface area (Å²) >= 11 is 1.39. The Morgan fingerprint density at radius 1 is 1.56 bits per heavy atom. The van der Waals surface area contributed by atoms with E-state index in [1.165, 1.54) is 11.8 Å². The predicted octanol–water partition coefficient (Wildman–Crippen LogP) is 2.30. The maximum atomic E-state index is 8.59. The summed E-state index contributed by atoms with van der Waals surface area (Å²) in [6.45, 7) is 2.03. The number of hydrogen-bond donors (Lipinski definition) is 1. The second-order valence-electron chi connectivity index (χ2n) is 3.77. The topological polar surface area (TPSA) is 66.0 Å². The fourth-order valence-corrected chi connectivity index (χ4v) is 2.02. The van der Waals surface area contributed by atoms with E-state index in [4.69, 9.17) is 5.26 Å². The minimum absolute atomic E-state index is 0.574. The summed E-state index contributed by atoms with van der Waals surface area (Å²) < 4.78 is 1.85. The van der Waals surface area contributed by atoms with Crippen LogP contribution in [0.3, 0.4) is 0 Å². The number of aryl methyl sites for hydroxylation is 2. The number of amidine groups is 1. The maximum Gasteiger partial charge on any atom is 0.183 e. The normalized spacial score (nSPS) is 11.6. The number of nitriles is 1. The highest BCUT2D eigenvalue weighted by Crippen LogP contribution is 2.23. The van der Waals surface area contributed by atoms with Crippen molar-refractivity contribution in [2.45, 2.75) is 6.92 Å². The molecule has 0 saturated carbocycles. The van der Waals surface area contributed by atoms with Crippen LogP contribution in [0.2, 0.25) is 0 Å². The van der Waals surface area contributed by atoms with Crippen LogP contribution in [0.15, 0.2) is 23.2 Å². The lowest BCUT2D eigenvalue weighted by Gasteiger charge is -1.99. The Labute approximate surface area is 110 Å². The molecule has 0 amide bonds. The van der Waals surface area contributed by atoms with Gasteiger partial charge in [-0.25, -0.2) is 4.99 Å². The van der Waals surface area contributed by atoms with E-state index in [0.717, 1.165) is 22.3 Å². The smallest absolute Gasteiger partial charge is 0.183 e. The van der Waals surface area contributed by atoms with E-state index < -0.39 is 0 Å². The molecule has 5 nitrogen and oxygen atoms in total. The number of hydrogen-bond acceptors (Lipinski definition) is 4. The monoisotopic (exact) mass is 259 g/mol. The fraction of sp³-hybridized carbons (Fsp3) is 0.250. The van der Waals surface area contributed by atoms with Crippen LogP contribution in [0.5, 0.6) is 0 Å². The summed E-state index contributed by atoms with van der Waals surface area (Å²) in [7, 11) is 1.92. The molecular formula is C12H13N5S. The SMILES string of the molecule is CSC(=Nc1ccc2c(C)n(C)nc2c1)NC#N. The van der Waals surface area contributed by atoms with Crippen molar-refractivity contribution < 1.29 is 0 Å². The standard InChI is InChI=1S/C12H13N5S/c1-8-10-5-4-9(6-11(10)16-17(8)2)15-12(18-3)14-7-13/h4-6H,1-3H3,(H,14,15). The van der Waals surface area contributed by atoms with Crippen molar-refractivity contribution >= 4 is 33.5 Å². The number of nitrogens with one attached hydrogen (secondary N) is 1. The summed E-state index contributed by atoms with van der Waals surface area (Å²) in [5, 5.41) is 17.2. The first-order valence-electron chi connectivity index (χ1n) is 5.37. The van der Waals surface area contributed by atoms with Gasteiger partial charge in [0.15, 0.2) is 11.4 Å². The van der Waals surface area contributed by atoms with Gasteiger partial charge in [-0.2, -0.15) is 10.4 Å². The van der Waals surface area contributed by atoms with Crippen molar-refractivity contribution in [2.75, 3.05) is 6.26 Å². The third kappa shape index (κ3) is 2.31. The molecule has 6 heteroatoms. The van der Waals surface area contributed by atoms with E-state index in [1.54, 1.807) is 0 Å². The molecule has 0 aliphatic carbocycles. The Bertz CT molecular complexity index is 650. The molecule has 0 atom stereocenters. The van der Waals surface area contributed by atoms with E-state index in [1.807, 2.05) is 49.3 Å². The van der Waals surface area contributed by atoms with Crippen LogP contribution in [-0.4, -0.2) is 21.2 Å². The molecule has 2 rings (SSSR count). The fourth-order valence-electron chi connectivity index (χ4n) is 1.68. The van der Waals surface area contributed by atoms with Gasteiger partial charge in [0.25, 0.3) is 0 Å². The molecule has 0 saturated heterocycles. The van der Waals surface area contributed by atoms with E-state index in [9.17, 15) is 0 Å². The molecule has 0 radical (unpaired) electrons. The van der Waals surface area contributed by atoms with Crippen LogP contribution in [0, 0.1) is 18.4 Å². The molecule has 18 heavy (non-hydrogen) atoms. The molecule has 1 heterocycles. The number of nitrogens with zero attached hydrogens (tertiary/aromatic N) is 4. The van der Waals surface area contributed by atoms with Gasteiger partial charge in [-0.05, 0) is 31.4 Å². The third-order valence-electron chi connectivity index (χ3n) is 2.70. The number of fused-ring (bicyclic) bond motifs is 1. The lowest BCUT2D eigenvalue weighted by atomic mass is 10.2. The summed E-state index contributed by atoms with van der Waals surface area (Å²) in [5.74, 6) is 0. The van der Waals surface area contributed by atoms with Gasteiger partial charge < -0.3 is 0 Å². The minimum atomic E-state index is 0.574. The average molecular weight is 259 g/mol. The van der Waals surface area contributed by atoms with Crippen molar-refractivity contribution in [3.8, 4) is 6.19 Å². The predicted molar refractivity (Wildman–Crippen MR) is 74.8 cm³/mol. The zero-order chi connectivity index (χ0) is 13.1. The van der Waals surface area contributed by atoms with Crippen molar-refractivity contribution in [2.24, 2.45) is 12.0 Å². The second-order valence-corrected chi connectivity index (χ2v) is 4.56. The summed E-state index contributed by atoms with van der Waals surface area (Å²) in [6.07, 6.45) is 3.74. The third-order valence-corrected chi connectivity index (χ3v) is 3.28. The molecule has 2 aromatic rings. The minimum Gasteiger partial charge on any atom is -0.272 e. The highest BCUT2D eigenvalue weighted by atomic mass is 32.2. The first-order chi connectivity index (χ1) is 8.65. The molecule has 0 aliphatic heterocycles. The largest absolute Gasteiger partial charge is 0.272 e. The van der Waals surface area contributed by atoms with Gasteiger partial charge in [0.1, 0.15) is 0 Å². The van der Waals surface area contributed by atoms with Gasteiger partial charge in [-0.3, -0.25) is 10.00 Å². The quantitative estimate of drug-likeness (QED) is 0.369. The number of rotatable bonds is 1. The van der Waals surface area contributed by atoms with Crippen LogP contribution in [0.1, 0.15) is 5.69 Å². The zero-order valence-electron chi connectivity index (χ0n) is 10.4. The molecule has 1 N–H and O–H groups in total. The van der Waals surface area contributed by atoms with Crippen molar-refractivity contribution in [1.82, 2.24) is 15.1 Å². The Kier molecular flexibility index (Phi) is 3.53. The molecule has 0 spiro atoms. The number of aliphatic imine (C=N–C) groups is 1. The zero-order valence-corrected chi connectivity index (χ0v) is 11.2. The van der Waals surface area contributed by atoms with Crippen molar-refractivity contribution in [3.63, 3.8) is 0 Å². The highest BCUT2D eigenvalue weighted by molar-refractivity contribution is 8.13.